The number of ether oxygens (including phenoxy) is 2. The Morgan fingerprint density at radius 1 is 1.09 bits per heavy atom. The first-order chi connectivity index (χ1) is 15.7. The van der Waals surface area contributed by atoms with Crippen LogP contribution in [-0.2, 0) is 23.2 Å². The van der Waals surface area contributed by atoms with Gasteiger partial charge in [0.2, 0.25) is 0 Å². The fourth-order valence-corrected chi connectivity index (χ4v) is 3.50. The second-order valence-electron chi connectivity index (χ2n) is 7.91. The van der Waals surface area contributed by atoms with Gasteiger partial charge in [0, 0.05) is 24.1 Å². The van der Waals surface area contributed by atoms with Crippen molar-refractivity contribution in [3.63, 3.8) is 0 Å². The fourth-order valence-electron chi connectivity index (χ4n) is 3.50. The molecule has 0 saturated heterocycles. The Morgan fingerprint density at radius 2 is 1.85 bits per heavy atom. The minimum Gasteiger partial charge on any atom is -0.489 e. The monoisotopic (exact) mass is 452 g/mol. The smallest absolute Gasteiger partial charge is 0.368 e. The predicted octanol–water partition coefficient (Wildman–Crippen LogP) is 2.93. The molecule has 0 aliphatic heterocycles. The van der Waals surface area contributed by atoms with E-state index in [9.17, 15) is 14.4 Å². The molecule has 0 amide bonds. The van der Waals surface area contributed by atoms with Gasteiger partial charge in [0.1, 0.15) is 12.4 Å². The van der Waals surface area contributed by atoms with Crippen molar-refractivity contribution in [1.82, 2.24) is 19.8 Å². The molecule has 1 atom stereocenters. The van der Waals surface area contributed by atoms with Crippen molar-refractivity contribution >= 4 is 11.8 Å². The molecule has 1 aromatic heterocycles. The lowest BCUT2D eigenvalue weighted by Crippen LogP contribution is -2.23. The van der Waals surface area contributed by atoms with Gasteiger partial charge in [-0.1, -0.05) is 19.1 Å². The maximum absolute atomic E-state index is 12.7. The van der Waals surface area contributed by atoms with Gasteiger partial charge < -0.3 is 9.47 Å². The summed E-state index contributed by atoms with van der Waals surface area (Å²) in [5.74, 6) is -0.368. The molecule has 9 heteroatoms. The normalized spacial score (nSPS) is 11.8. The Bertz CT molecular complexity index is 1230. The Hall–Kier alpha value is -3.75. The third kappa shape index (κ3) is 5.36. The number of hydrogen-bond donors (Lipinski definition) is 0. The molecule has 0 saturated carbocycles. The molecular formula is C24H28N4O5. The third-order valence-electron chi connectivity index (χ3n) is 5.39. The minimum absolute atomic E-state index is 0.0434. The first-order valence-corrected chi connectivity index (χ1v) is 10.7. The molecule has 1 unspecified atom stereocenters. The number of benzene rings is 2. The molecule has 3 rings (SSSR count). The highest BCUT2D eigenvalue weighted by atomic mass is 16.5. The Kier molecular flexibility index (Phi) is 7.42. The van der Waals surface area contributed by atoms with Crippen LogP contribution in [0.15, 0.2) is 41.2 Å². The number of ketones is 1. The van der Waals surface area contributed by atoms with Gasteiger partial charge in [-0.05, 0) is 66.6 Å². The van der Waals surface area contributed by atoms with Gasteiger partial charge in [-0.3, -0.25) is 9.59 Å². The molecule has 0 aliphatic rings. The van der Waals surface area contributed by atoms with Crippen molar-refractivity contribution in [1.29, 1.82) is 0 Å². The number of esters is 1. The Labute approximate surface area is 191 Å². The highest BCUT2D eigenvalue weighted by molar-refractivity contribution is 5.99. The van der Waals surface area contributed by atoms with Gasteiger partial charge >= 0.3 is 11.7 Å². The van der Waals surface area contributed by atoms with Crippen LogP contribution < -0.4 is 10.4 Å². The number of aryl methyl sites for hydroxylation is 3. The number of carbonyl (C=O) groups excluding carboxylic acids is 2. The second-order valence-corrected chi connectivity index (χ2v) is 7.91. The van der Waals surface area contributed by atoms with Crippen molar-refractivity contribution in [3.05, 3.63) is 69.1 Å². The van der Waals surface area contributed by atoms with Gasteiger partial charge in [0.25, 0.3) is 0 Å². The van der Waals surface area contributed by atoms with Crippen LogP contribution in [0.25, 0.3) is 5.69 Å². The standard InChI is InChI=1S/C24H28N4O5/c1-6-32-22(29)13-17(4)23(30)18-10-11-21(16(3)12-18)33-14-19-15(2)8-7-9-20(19)28-24(31)27(5)25-26-28/h7-12,17H,6,13-14H2,1-5H3. The van der Waals surface area contributed by atoms with E-state index in [-0.39, 0.29) is 30.5 Å². The molecule has 0 N–H and O–H groups in total. The zero-order valence-corrected chi connectivity index (χ0v) is 19.5. The zero-order chi connectivity index (χ0) is 24.1. The quantitative estimate of drug-likeness (QED) is 0.363. The van der Waals surface area contributed by atoms with E-state index >= 15 is 0 Å². The van der Waals surface area contributed by atoms with Gasteiger partial charge in [-0.15, -0.1) is 0 Å². The molecule has 0 aliphatic carbocycles. The van der Waals surface area contributed by atoms with Gasteiger partial charge in [0.15, 0.2) is 5.78 Å². The van der Waals surface area contributed by atoms with Crippen molar-refractivity contribution < 1.29 is 19.1 Å². The van der Waals surface area contributed by atoms with Gasteiger partial charge in [0.05, 0.1) is 18.7 Å². The number of nitrogens with zero attached hydrogens (tertiary/aromatic N) is 4. The van der Waals surface area contributed by atoms with Crippen molar-refractivity contribution in [3.8, 4) is 11.4 Å². The SMILES string of the molecule is CCOC(=O)CC(C)C(=O)c1ccc(OCc2c(C)cccc2-n2nnn(C)c2=O)c(C)c1. The molecule has 174 valence electrons. The molecule has 9 nitrogen and oxygen atoms in total. The summed E-state index contributed by atoms with van der Waals surface area (Å²) in [6, 6.07) is 10.8. The van der Waals surface area contributed by atoms with Gasteiger partial charge in [-0.2, -0.15) is 9.36 Å². The van der Waals surface area contributed by atoms with Crippen LogP contribution >= 0.6 is 0 Å². The fraction of sp³-hybridized carbons (Fsp3) is 0.375. The van der Waals surface area contributed by atoms with Gasteiger partial charge in [-0.25, -0.2) is 4.79 Å². The van der Waals surface area contributed by atoms with Crippen LogP contribution in [0.3, 0.4) is 0 Å². The van der Waals surface area contributed by atoms with Crippen LogP contribution in [0, 0.1) is 19.8 Å². The van der Waals surface area contributed by atoms with Crippen LogP contribution in [0.2, 0.25) is 0 Å². The highest BCUT2D eigenvalue weighted by Gasteiger charge is 2.20. The molecule has 1 heterocycles. The summed E-state index contributed by atoms with van der Waals surface area (Å²) < 4.78 is 13.4. The lowest BCUT2D eigenvalue weighted by Gasteiger charge is -2.15. The summed E-state index contributed by atoms with van der Waals surface area (Å²) in [6.45, 7) is 7.74. The molecular weight excluding hydrogens is 424 g/mol. The largest absolute Gasteiger partial charge is 0.489 e. The van der Waals surface area contributed by atoms with E-state index in [4.69, 9.17) is 9.47 Å². The summed E-state index contributed by atoms with van der Waals surface area (Å²) in [5.41, 5.74) is 3.31. The summed E-state index contributed by atoms with van der Waals surface area (Å²) in [5, 5.41) is 7.71. The number of aromatic nitrogens is 4. The molecule has 0 spiro atoms. The third-order valence-corrected chi connectivity index (χ3v) is 5.39. The second kappa shape index (κ2) is 10.2. The molecule has 3 aromatic rings. The number of hydrogen-bond acceptors (Lipinski definition) is 7. The van der Waals surface area contributed by atoms with E-state index in [2.05, 4.69) is 10.4 Å². The van der Waals surface area contributed by atoms with E-state index in [1.165, 1.54) is 11.7 Å². The Morgan fingerprint density at radius 3 is 2.48 bits per heavy atom. The summed E-state index contributed by atoms with van der Waals surface area (Å²) in [7, 11) is 1.54. The van der Waals surface area contributed by atoms with Crippen LogP contribution in [-0.4, -0.2) is 38.1 Å². The molecule has 0 fully saturated rings. The number of tetrazole rings is 1. The minimum atomic E-state index is -0.477. The maximum Gasteiger partial charge on any atom is 0.368 e. The number of carbonyl (C=O) groups is 2. The topological polar surface area (TPSA) is 105 Å². The summed E-state index contributed by atoms with van der Waals surface area (Å²) in [4.78, 5) is 36.7. The van der Waals surface area contributed by atoms with Crippen molar-refractivity contribution in [2.45, 2.75) is 40.7 Å². The first kappa shape index (κ1) is 23.9. The number of rotatable bonds is 9. The van der Waals surface area contributed by atoms with E-state index in [1.807, 2.05) is 26.0 Å². The van der Waals surface area contributed by atoms with E-state index < -0.39 is 5.92 Å². The van der Waals surface area contributed by atoms with Crippen LogP contribution in [0.4, 0.5) is 0 Å². The van der Waals surface area contributed by atoms with E-state index in [0.29, 0.717) is 23.6 Å². The maximum atomic E-state index is 12.7. The zero-order valence-electron chi connectivity index (χ0n) is 19.5. The molecule has 2 aromatic carbocycles. The molecule has 0 bridgehead atoms. The number of Topliss-reactive ketones (excluding diaryl/α,β-unsaturated/α-hetero) is 1. The van der Waals surface area contributed by atoms with Crippen molar-refractivity contribution in [2.75, 3.05) is 6.61 Å². The van der Waals surface area contributed by atoms with E-state index in [1.54, 1.807) is 38.1 Å². The molecule has 33 heavy (non-hydrogen) atoms. The lowest BCUT2D eigenvalue weighted by molar-refractivity contribution is -0.143. The summed E-state index contributed by atoms with van der Waals surface area (Å²) in [6.07, 6.45) is 0.0434. The van der Waals surface area contributed by atoms with Crippen molar-refractivity contribution in [2.24, 2.45) is 13.0 Å². The predicted molar refractivity (Wildman–Crippen MR) is 122 cm³/mol. The summed E-state index contributed by atoms with van der Waals surface area (Å²) >= 11 is 0. The lowest BCUT2D eigenvalue weighted by atomic mass is 9.95. The first-order valence-electron chi connectivity index (χ1n) is 10.7. The van der Waals surface area contributed by atoms with Crippen LogP contribution in [0.5, 0.6) is 5.75 Å². The average molecular weight is 453 g/mol. The Balaban J connectivity index is 1.77. The van der Waals surface area contributed by atoms with Crippen LogP contribution in [0.1, 0.15) is 47.3 Å². The highest BCUT2D eigenvalue weighted by Crippen LogP contribution is 2.25. The molecule has 0 radical (unpaired) electrons. The average Bonchev–Trinajstić information content (AvgIpc) is 3.11. The van der Waals surface area contributed by atoms with E-state index in [0.717, 1.165) is 21.4 Å².